The predicted octanol–water partition coefficient (Wildman–Crippen LogP) is 0.812. The highest BCUT2D eigenvalue weighted by Gasteiger charge is 2.55. The van der Waals surface area contributed by atoms with E-state index >= 15 is 0 Å². The van der Waals surface area contributed by atoms with Gasteiger partial charge in [-0.3, -0.25) is 19.6 Å². The van der Waals surface area contributed by atoms with Crippen LogP contribution in [-0.4, -0.2) is 51.1 Å². The van der Waals surface area contributed by atoms with E-state index in [9.17, 15) is 18.4 Å². The molecule has 3 rings (SSSR count). The largest absolute Gasteiger partial charge is 0.367 e. The van der Waals surface area contributed by atoms with Crippen molar-refractivity contribution in [1.82, 2.24) is 20.2 Å². The lowest BCUT2D eigenvalue weighted by Crippen LogP contribution is -2.59. The van der Waals surface area contributed by atoms with Crippen molar-refractivity contribution in [2.75, 3.05) is 13.1 Å². The molecule has 2 aliphatic heterocycles. The molecule has 1 N–H and O–H groups in total. The Morgan fingerprint density at radius 3 is 2.75 bits per heavy atom. The van der Waals surface area contributed by atoms with Gasteiger partial charge in [0.05, 0.1) is 12.7 Å². The Labute approximate surface area is 137 Å². The van der Waals surface area contributed by atoms with Gasteiger partial charge in [0.2, 0.25) is 0 Å². The average molecular weight is 340 g/mol. The third-order valence-corrected chi connectivity index (χ3v) is 4.23. The van der Waals surface area contributed by atoms with E-state index in [-0.39, 0.29) is 19.0 Å². The molecule has 1 spiro atoms. The molecule has 0 bridgehead atoms. The van der Waals surface area contributed by atoms with E-state index in [4.69, 9.17) is 4.74 Å². The second kappa shape index (κ2) is 5.44. The number of likely N-dealkylation sites (tertiary alicyclic amines) is 1. The number of carbonyl (C=O) groups is 2. The Morgan fingerprint density at radius 2 is 2.17 bits per heavy atom. The Hall–Kier alpha value is -2.16. The summed E-state index contributed by atoms with van der Waals surface area (Å²) in [6.45, 7) is 3.24. The van der Waals surface area contributed by atoms with E-state index in [1.807, 2.05) is 0 Å². The molecule has 2 aliphatic rings. The van der Waals surface area contributed by atoms with Crippen molar-refractivity contribution in [1.29, 1.82) is 0 Å². The van der Waals surface area contributed by atoms with Crippen LogP contribution in [0.4, 0.5) is 8.78 Å². The molecule has 1 atom stereocenters. The van der Waals surface area contributed by atoms with Crippen LogP contribution < -0.4 is 5.32 Å². The summed E-state index contributed by atoms with van der Waals surface area (Å²) in [6.07, 6.45) is 4.14. The van der Waals surface area contributed by atoms with Crippen molar-refractivity contribution in [2.45, 2.75) is 43.9 Å². The van der Waals surface area contributed by atoms with Gasteiger partial charge in [0.15, 0.2) is 5.72 Å². The molecule has 0 aromatic carbocycles. The summed E-state index contributed by atoms with van der Waals surface area (Å²) in [5.41, 5.74) is -2.88. The summed E-state index contributed by atoms with van der Waals surface area (Å²) in [4.78, 5) is 32.4. The predicted molar refractivity (Wildman–Crippen MR) is 77.8 cm³/mol. The lowest BCUT2D eigenvalue weighted by molar-refractivity contribution is -0.173. The molecular formula is C15H18F2N4O3. The van der Waals surface area contributed by atoms with Crippen LogP contribution in [-0.2, 0) is 20.2 Å². The first-order valence-corrected chi connectivity index (χ1v) is 7.63. The highest BCUT2D eigenvalue weighted by molar-refractivity contribution is 5.87. The summed E-state index contributed by atoms with van der Waals surface area (Å²) in [6, 6.07) is 0. The van der Waals surface area contributed by atoms with Crippen LogP contribution >= 0.6 is 0 Å². The van der Waals surface area contributed by atoms with Gasteiger partial charge in [-0.1, -0.05) is 0 Å². The first-order valence-electron chi connectivity index (χ1n) is 7.63. The minimum absolute atomic E-state index is 0.128. The summed E-state index contributed by atoms with van der Waals surface area (Å²) in [5.74, 6) is -5.48. The van der Waals surface area contributed by atoms with Crippen LogP contribution in [0.1, 0.15) is 32.4 Å². The zero-order chi connectivity index (χ0) is 17.6. The van der Waals surface area contributed by atoms with Gasteiger partial charge in [-0.2, -0.15) is 8.78 Å². The standard InChI is InChI=1S/C15H18F2N4O3/c1-13(2)11(22)20-14(24-13)4-3-7-21(9-14)12(23)15(16,17)10-8-18-5-6-19-10/h5-6,8H,3-4,7,9H2,1-2H3,(H,20,22). The zero-order valence-corrected chi connectivity index (χ0v) is 13.4. The van der Waals surface area contributed by atoms with Gasteiger partial charge in [0, 0.05) is 18.9 Å². The molecule has 0 aliphatic carbocycles. The number of nitrogens with zero attached hydrogens (tertiary/aromatic N) is 3. The van der Waals surface area contributed by atoms with Crippen molar-refractivity contribution >= 4 is 11.8 Å². The number of halogens is 2. The average Bonchev–Trinajstić information content (AvgIpc) is 2.75. The molecular weight excluding hydrogens is 322 g/mol. The maximum absolute atomic E-state index is 14.4. The molecule has 0 saturated carbocycles. The van der Waals surface area contributed by atoms with E-state index in [1.165, 1.54) is 6.20 Å². The molecule has 3 heterocycles. The number of nitrogens with one attached hydrogen (secondary N) is 1. The summed E-state index contributed by atoms with van der Waals surface area (Å²) < 4.78 is 34.6. The first kappa shape index (κ1) is 16.7. The van der Waals surface area contributed by atoms with E-state index in [0.29, 0.717) is 12.8 Å². The van der Waals surface area contributed by atoms with Gasteiger partial charge in [-0.15, -0.1) is 0 Å². The number of rotatable bonds is 2. The smallest absolute Gasteiger partial charge is 0.338 e. The molecule has 2 amide bonds. The van der Waals surface area contributed by atoms with E-state index in [1.54, 1.807) is 13.8 Å². The highest BCUT2D eigenvalue weighted by atomic mass is 19.3. The number of alkyl halides is 2. The number of ether oxygens (including phenoxy) is 1. The molecule has 24 heavy (non-hydrogen) atoms. The number of piperidine rings is 1. The molecule has 1 aromatic heterocycles. The molecule has 7 nitrogen and oxygen atoms in total. The minimum Gasteiger partial charge on any atom is -0.338 e. The second-order valence-corrected chi connectivity index (χ2v) is 6.56. The van der Waals surface area contributed by atoms with Crippen LogP contribution in [0.25, 0.3) is 0 Å². The lowest BCUT2D eigenvalue weighted by atomic mass is 10.0. The van der Waals surface area contributed by atoms with E-state index < -0.39 is 28.8 Å². The van der Waals surface area contributed by atoms with Crippen molar-refractivity contribution in [2.24, 2.45) is 0 Å². The fourth-order valence-electron chi connectivity index (χ4n) is 3.07. The van der Waals surface area contributed by atoms with Gasteiger partial charge >= 0.3 is 5.92 Å². The number of hydrogen-bond donors (Lipinski definition) is 1. The topological polar surface area (TPSA) is 84.4 Å². The van der Waals surface area contributed by atoms with Crippen molar-refractivity contribution < 1.29 is 23.1 Å². The van der Waals surface area contributed by atoms with Gasteiger partial charge in [-0.25, -0.2) is 0 Å². The van der Waals surface area contributed by atoms with Crippen molar-refractivity contribution in [3.05, 3.63) is 24.3 Å². The van der Waals surface area contributed by atoms with Crippen molar-refractivity contribution in [3.63, 3.8) is 0 Å². The van der Waals surface area contributed by atoms with Crippen LogP contribution in [0.2, 0.25) is 0 Å². The third kappa shape index (κ3) is 2.72. The van der Waals surface area contributed by atoms with Crippen LogP contribution in [0, 0.1) is 0 Å². The molecule has 130 valence electrons. The first-order chi connectivity index (χ1) is 11.2. The number of carbonyl (C=O) groups excluding carboxylic acids is 2. The third-order valence-electron chi connectivity index (χ3n) is 4.23. The highest BCUT2D eigenvalue weighted by Crippen LogP contribution is 2.36. The second-order valence-electron chi connectivity index (χ2n) is 6.56. The monoisotopic (exact) mass is 340 g/mol. The molecule has 9 heteroatoms. The van der Waals surface area contributed by atoms with Crippen LogP contribution in [0.3, 0.4) is 0 Å². The number of hydrogen-bond acceptors (Lipinski definition) is 5. The normalized spacial score (nSPS) is 26.5. The fraction of sp³-hybridized carbons (Fsp3) is 0.600. The Kier molecular flexibility index (Phi) is 3.78. The Morgan fingerprint density at radius 1 is 1.42 bits per heavy atom. The fourth-order valence-corrected chi connectivity index (χ4v) is 3.07. The maximum Gasteiger partial charge on any atom is 0.367 e. The molecule has 0 radical (unpaired) electrons. The molecule has 2 fully saturated rings. The van der Waals surface area contributed by atoms with Crippen LogP contribution in [0.5, 0.6) is 0 Å². The molecule has 1 aromatic rings. The Balaban J connectivity index is 1.80. The lowest BCUT2D eigenvalue weighted by Gasteiger charge is -2.40. The SMILES string of the molecule is CC1(C)OC2(CCCN(C(=O)C(F)(F)c3cnccn3)C2)NC1=O. The van der Waals surface area contributed by atoms with E-state index in [2.05, 4.69) is 15.3 Å². The van der Waals surface area contributed by atoms with Gasteiger partial charge in [0.25, 0.3) is 11.8 Å². The molecule has 1 unspecified atom stereocenters. The quantitative estimate of drug-likeness (QED) is 0.861. The van der Waals surface area contributed by atoms with Gasteiger partial charge in [0.1, 0.15) is 11.3 Å². The molecule has 2 saturated heterocycles. The number of aromatic nitrogens is 2. The van der Waals surface area contributed by atoms with Crippen molar-refractivity contribution in [3.8, 4) is 0 Å². The minimum atomic E-state index is -3.79. The van der Waals surface area contributed by atoms with E-state index in [0.717, 1.165) is 17.3 Å². The van der Waals surface area contributed by atoms with Gasteiger partial charge < -0.3 is 15.0 Å². The summed E-state index contributed by atoms with van der Waals surface area (Å²) in [7, 11) is 0. The summed E-state index contributed by atoms with van der Waals surface area (Å²) in [5, 5.41) is 2.71. The van der Waals surface area contributed by atoms with Crippen LogP contribution in [0.15, 0.2) is 18.6 Å². The maximum atomic E-state index is 14.4. The summed E-state index contributed by atoms with van der Waals surface area (Å²) >= 11 is 0. The number of amides is 2. The van der Waals surface area contributed by atoms with Gasteiger partial charge in [-0.05, 0) is 26.7 Å². The Bertz CT molecular complexity index is 668. The zero-order valence-electron chi connectivity index (χ0n) is 13.4.